The highest BCUT2D eigenvalue weighted by Crippen LogP contribution is 2.32. The minimum absolute atomic E-state index is 0.00395. The van der Waals surface area contributed by atoms with Gasteiger partial charge in [-0.15, -0.1) is 0 Å². The van der Waals surface area contributed by atoms with E-state index in [1.54, 1.807) is 12.1 Å². The Balaban J connectivity index is 1.90. The zero-order valence-electron chi connectivity index (χ0n) is 17.4. The first-order valence-electron chi connectivity index (χ1n) is 9.75. The highest BCUT2D eigenvalue weighted by atomic mass is 35.5. The van der Waals surface area contributed by atoms with E-state index < -0.39 is 11.9 Å². The van der Waals surface area contributed by atoms with Crippen LogP contribution in [0.3, 0.4) is 0 Å². The molecule has 0 spiro atoms. The molecule has 1 aromatic heterocycles. The smallest absolute Gasteiger partial charge is 0.357 e. The summed E-state index contributed by atoms with van der Waals surface area (Å²) in [6.07, 6.45) is 0. The summed E-state index contributed by atoms with van der Waals surface area (Å²) < 4.78 is 11.3. The molecule has 0 amide bonds. The predicted octanol–water partition coefficient (Wildman–Crippen LogP) is 5.43. The van der Waals surface area contributed by atoms with Crippen LogP contribution in [-0.2, 0) is 9.47 Å². The van der Waals surface area contributed by atoms with Crippen LogP contribution < -0.4 is 0 Å². The van der Waals surface area contributed by atoms with E-state index in [4.69, 9.17) is 21.1 Å². The topological polar surface area (TPSA) is 70.4 Å². The second-order valence-electron chi connectivity index (χ2n) is 6.86. The summed E-state index contributed by atoms with van der Waals surface area (Å²) in [6.45, 7) is 0. The average Bonchev–Trinajstić information content (AvgIpc) is 3.25. The van der Waals surface area contributed by atoms with E-state index in [9.17, 15) is 9.59 Å². The van der Waals surface area contributed by atoms with Gasteiger partial charge in [-0.1, -0.05) is 72.3 Å². The van der Waals surface area contributed by atoms with Crippen LogP contribution in [0.5, 0.6) is 0 Å². The molecule has 0 aliphatic rings. The molecule has 0 bridgehead atoms. The fourth-order valence-electron chi connectivity index (χ4n) is 3.46. The van der Waals surface area contributed by atoms with Gasteiger partial charge in [-0.2, -0.15) is 5.10 Å². The lowest BCUT2D eigenvalue weighted by atomic mass is 10.0. The Hall–Kier alpha value is -3.90. The molecule has 0 radical (unpaired) electrons. The summed E-state index contributed by atoms with van der Waals surface area (Å²) in [5, 5.41) is 5.23. The number of hydrogen-bond acceptors (Lipinski definition) is 5. The van der Waals surface area contributed by atoms with Gasteiger partial charge in [-0.05, 0) is 23.8 Å². The van der Waals surface area contributed by atoms with Crippen molar-refractivity contribution in [1.29, 1.82) is 0 Å². The zero-order valence-corrected chi connectivity index (χ0v) is 18.2. The summed E-state index contributed by atoms with van der Waals surface area (Å²) in [5.41, 5.74) is 3.39. The molecule has 4 aromatic rings. The number of esters is 2. The fraction of sp³-hybridized carbons (Fsp3) is 0.0800. The van der Waals surface area contributed by atoms with E-state index in [-0.39, 0.29) is 11.3 Å². The summed E-state index contributed by atoms with van der Waals surface area (Å²) in [6, 6.07) is 24.0. The quantitative estimate of drug-likeness (QED) is 0.382. The molecular formula is C25H19ClN2O4. The molecule has 6 nitrogen and oxygen atoms in total. The number of benzene rings is 3. The second kappa shape index (κ2) is 9.08. The molecule has 7 heteroatoms. The number of ether oxygens (including phenoxy) is 2. The molecule has 0 atom stereocenters. The third-order valence-corrected chi connectivity index (χ3v) is 5.33. The molecule has 0 saturated carbocycles. The molecule has 0 unspecified atom stereocenters. The largest absolute Gasteiger partial charge is 0.465 e. The third kappa shape index (κ3) is 3.88. The van der Waals surface area contributed by atoms with Crippen LogP contribution in [0, 0.1) is 0 Å². The zero-order chi connectivity index (χ0) is 22.7. The maximum absolute atomic E-state index is 12.7. The maximum Gasteiger partial charge on any atom is 0.357 e. The molecule has 4 rings (SSSR count). The Morgan fingerprint density at radius 3 is 2.00 bits per heavy atom. The summed E-state index contributed by atoms with van der Waals surface area (Å²) in [4.78, 5) is 25.4. The molecule has 0 N–H and O–H groups in total. The molecule has 0 aliphatic heterocycles. The maximum atomic E-state index is 12.7. The lowest BCUT2D eigenvalue weighted by molar-refractivity contribution is 0.0549. The SMILES string of the molecule is COC(=O)c1c(-c2ccc(-c3ccccc3Cl)cc2)nn(-c2ccccc2)c1C(=O)OC. The molecule has 1 heterocycles. The molecular weight excluding hydrogens is 428 g/mol. The first-order valence-corrected chi connectivity index (χ1v) is 10.1. The number of hydrogen-bond donors (Lipinski definition) is 0. The third-order valence-electron chi connectivity index (χ3n) is 5.00. The van der Waals surface area contributed by atoms with Gasteiger partial charge in [0.2, 0.25) is 0 Å². The molecule has 0 saturated heterocycles. The van der Waals surface area contributed by atoms with Crippen molar-refractivity contribution < 1.29 is 19.1 Å². The predicted molar refractivity (Wildman–Crippen MR) is 122 cm³/mol. The van der Waals surface area contributed by atoms with E-state index >= 15 is 0 Å². The number of halogens is 1. The Bertz CT molecular complexity index is 1280. The van der Waals surface area contributed by atoms with Gasteiger partial charge >= 0.3 is 11.9 Å². The highest BCUT2D eigenvalue weighted by Gasteiger charge is 2.31. The number of rotatable bonds is 5. The van der Waals surface area contributed by atoms with Gasteiger partial charge in [-0.25, -0.2) is 14.3 Å². The van der Waals surface area contributed by atoms with Crippen molar-refractivity contribution >= 4 is 23.5 Å². The van der Waals surface area contributed by atoms with Crippen LogP contribution >= 0.6 is 11.6 Å². The van der Waals surface area contributed by atoms with Crippen molar-refractivity contribution in [3.63, 3.8) is 0 Å². The first-order chi connectivity index (χ1) is 15.5. The van der Waals surface area contributed by atoms with Gasteiger partial charge in [0.1, 0.15) is 11.3 Å². The Morgan fingerprint density at radius 2 is 1.38 bits per heavy atom. The Morgan fingerprint density at radius 1 is 0.781 bits per heavy atom. The Kier molecular flexibility index (Phi) is 6.05. The van der Waals surface area contributed by atoms with Crippen molar-refractivity contribution in [1.82, 2.24) is 9.78 Å². The van der Waals surface area contributed by atoms with Crippen molar-refractivity contribution in [2.24, 2.45) is 0 Å². The fourth-order valence-corrected chi connectivity index (χ4v) is 3.70. The van der Waals surface area contributed by atoms with Crippen molar-refractivity contribution in [2.45, 2.75) is 0 Å². The molecule has 3 aromatic carbocycles. The van der Waals surface area contributed by atoms with Crippen LogP contribution in [0.2, 0.25) is 5.02 Å². The average molecular weight is 447 g/mol. The monoisotopic (exact) mass is 446 g/mol. The summed E-state index contributed by atoms with van der Waals surface area (Å²) in [5.74, 6) is -1.38. The van der Waals surface area contributed by atoms with E-state index in [0.717, 1.165) is 11.1 Å². The molecule has 160 valence electrons. The lowest BCUT2D eigenvalue weighted by Crippen LogP contribution is -2.15. The second-order valence-corrected chi connectivity index (χ2v) is 7.27. The van der Waals surface area contributed by atoms with Crippen LogP contribution in [0.4, 0.5) is 0 Å². The number of methoxy groups -OCH3 is 2. The number of carbonyl (C=O) groups excluding carboxylic acids is 2. The van der Waals surface area contributed by atoms with Gasteiger partial charge in [0, 0.05) is 16.1 Å². The summed E-state index contributed by atoms with van der Waals surface area (Å²) >= 11 is 6.32. The lowest BCUT2D eigenvalue weighted by Gasteiger charge is -2.07. The van der Waals surface area contributed by atoms with Gasteiger partial charge in [0.05, 0.1) is 19.9 Å². The Labute approximate surface area is 190 Å². The van der Waals surface area contributed by atoms with Crippen LogP contribution in [0.25, 0.3) is 28.1 Å². The van der Waals surface area contributed by atoms with Gasteiger partial charge in [0.15, 0.2) is 5.69 Å². The van der Waals surface area contributed by atoms with E-state index in [0.29, 0.717) is 22.0 Å². The number of nitrogens with zero attached hydrogens (tertiary/aromatic N) is 2. The van der Waals surface area contributed by atoms with E-state index in [2.05, 4.69) is 5.10 Å². The van der Waals surface area contributed by atoms with Crippen LogP contribution in [0.1, 0.15) is 20.8 Å². The standard InChI is InChI=1S/C25H19ClN2O4/c1-31-24(29)21-22(17-14-12-16(13-15-17)19-10-6-7-11-20(19)26)27-28(23(21)25(30)32-2)18-8-4-3-5-9-18/h3-15H,1-2H3. The summed E-state index contributed by atoms with van der Waals surface area (Å²) in [7, 11) is 2.51. The molecule has 0 fully saturated rings. The van der Waals surface area contributed by atoms with E-state index in [1.807, 2.05) is 66.7 Å². The van der Waals surface area contributed by atoms with Crippen LogP contribution in [-0.4, -0.2) is 35.9 Å². The van der Waals surface area contributed by atoms with Crippen molar-refractivity contribution in [2.75, 3.05) is 14.2 Å². The van der Waals surface area contributed by atoms with Crippen molar-refractivity contribution in [3.05, 3.63) is 95.1 Å². The van der Waals surface area contributed by atoms with E-state index in [1.165, 1.54) is 18.9 Å². The normalized spacial score (nSPS) is 10.6. The first kappa shape index (κ1) is 21.3. The number of para-hydroxylation sites is 1. The van der Waals surface area contributed by atoms with Gasteiger partial charge in [0.25, 0.3) is 0 Å². The minimum Gasteiger partial charge on any atom is -0.465 e. The highest BCUT2D eigenvalue weighted by molar-refractivity contribution is 6.33. The molecule has 32 heavy (non-hydrogen) atoms. The number of carbonyl (C=O) groups is 2. The molecule has 0 aliphatic carbocycles. The van der Waals surface area contributed by atoms with Gasteiger partial charge < -0.3 is 9.47 Å². The van der Waals surface area contributed by atoms with Gasteiger partial charge in [-0.3, -0.25) is 0 Å². The van der Waals surface area contributed by atoms with Crippen LogP contribution in [0.15, 0.2) is 78.9 Å². The number of aromatic nitrogens is 2. The van der Waals surface area contributed by atoms with Crippen molar-refractivity contribution in [3.8, 4) is 28.1 Å². The minimum atomic E-state index is -0.694.